The van der Waals surface area contributed by atoms with Crippen LogP contribution in [0.5, 0.6) is 0 Å². The van der Waals surface area contributed by atoms with Crippen LogP contribution in [0, 0.1) is 11.3 Å². The number of hydrogen-bond donors (Lipinski definition) is 2. The Balaban J connectivity index is 2.45. The molecule has 0 aliphatic carbocycles. The monoisotopic (exact) mass is 239 g/mol. The molecule has 5 heteroatoms. The number of benzene rings is 1. The summed E-state index contributed by atoms with van der Waals surface area (Å²) in [7, 11) is 1.83. The highest BCUT2D eigenvalue weighted by molar-refractivity contribution is 5.70. The molecular weight excluding hydrogens is 226 g/mol. The van der Waals surface area contributed by atoms with E-state index in [0.717, 1.165) is 5.69 Å². The predicted octanol–water partition coefficient (Wildman–Crippen LogP) is 1.89. The van der Waals surface area contributed by atoms with E-state index in [9.17, 15) is 0 Å². The highest BCUT2D eigenvalue weighted by Crippen LogP contribution is 2.26. The van der Waals surface area contributed by atoms with Gasteiger partial charge in [-0.2, -0.15) is 5.26 Å². The van der Waals surface area contributed by atoms with Gasteiger partial charge in [-0.25, -0.2) is 4.98 Å². The van der Waals surface area contributed by atoms with Gasteiger partial charge in [0, 0.05) is 7.05 Å². The van der Waals surface area contributed by atoms with Crippen LogP contribution >= 0.6 is 0 Å². The molecule has 4 N–H and O–H groups in total. The first-order valence-electron chi connectivity index (χ1n) is 5.38. The molecule has 5 nitrogen and oxygen atoms in total. The molecule has 0 saturated carbocycles. The third kappa shape index (κ3) is 2.04. The molecule has 2 aromatic rings. The average Bonchev–Trinajstić information content (AvgIpc) is 2.41. The second-order valence-electron chi connectivity index (χ2n) is 3.83. The Morgan fingerprint density at radius 2 is 1.89 bits per heavy atom. The van der Waals surface area contributed by atoms with Crippen LogP contribution in [0.15, 0.2) is 36.4 Å². The number of nitriles is 1. The summed E-state index contributed by atoms with van der Waals surface area (Å²) in [6.45, 7) is 0. The normalized spacial score (nSPS) is 9.78. The Hall–Kier alpha value is -2.74. The number of nitrogens with two attached hydrogens (primary N) is 2. The maximum absolute atomic E-state index is 9.07. The van der Waals surface area contributed by atoms with E-state index in [1.54, 1.807) is 23.1 Å². The van der Waals surface area contributed by atoms with Crippen LogP contribution in [-0.4, -0.2) is 12.0 Å². The summed E-state index contributed by atoms with van der Waals surface area (Å²) in [6, 6.07) is 12.9. The number of rotatable bonds is 2. The van der Waals surface area contributed by atoms with Gasteiger partial charge in [0.25, 0.3) is 0 Å². The lowest BCUT2D eigenvalue weighted by Crippen LogP contribution is -2.13. The number of hydrogen-bond acceptors (Lipinski definition) is 5. The lowest BCUT2D eigenvalue weighted by Gasteiger charge is -2.20. The quantitative estimate of drug-likeness (QED) is 0.834. The van der Waals surface area contributed by atoms with Crippen molar-refractivity contribution in [2.75, 3.05) is 23.4 Å². The van der Waals surface area contributed by atoms with E-state index in [1.807, 2.05) is 25.2 Å². The number of nitrogen functional groups attached to an aromatic ring is 2. The van der Waals surface area contributed by atoms with Crippen LogP contribution in [0.2, 0.25) is 0 Å². The third-order valence-corrected chi connectivity index (χ3v) is 2.67. The molecule has 0 aliphatic rings. The lowest BCUT2D eigenvalue weighted by atomic mass is 10.2. The molecule has 90 valence electrons. The number of anilines is 4. The zero-order valence-electron chi connectivity index (χ0n) is 9.96. The van der Waals surface area contributed by atoms with Crippen molar-refractivity contribution in [2.24, 2.45) is 0 Å². The zero-order valence-corrected chi connectivity index (χ0v) is 9.96. The number of pyridine rings is 1. The van der Waals surface area contributed by atoms with Crippen molar-refractivity contribution in [3.05, 3.63) is 42.0 Å². The maximum atomic E-state index is 9.07. The molecule has 0 fully saturated rings. The topological polar surface area (TPSA) is 92.0 Å². The second kappa shape index (κ2) is 4.63. The fourth-order valence-electron chi connectivity index (χ4n) is 1.65. The molecule has 1 aromatic heterocycles. The van der Waals surface area contributed by atoms with Gasteiger partial charge in [-0.15, -0.1) is 0 Å². The van der Waals surface area contributed by atoms with Gasteiger partial charge in [-0.05, 0) is 24.3 Å². The second-order valence-corrected chi connectivity index (χ2v) is 3.83. The van der Waals surface area contributed by atoms with Crippen molar-refractivity contribution in [3.8, 4) is 6.07 Å². The predicted molar refractivity (Wildman–Crippen MR) is 72.3 cm³/mol. The molecule has 0 amide bonds. The summed E-state index contributed by atoms with van der Waals surface area (Å²) >= 11 is 0. The van der Waals surface area contributed by atoms with Gasteiger partial charge < -0.3 is 16.4 Å². The standard InChI is InChI=1S/C13H13N5/c1-18(11-5-3-2-4-9(11)8-14)12-7-6-10(15)13(16)17-12/h2-7H,15H2,1H3,(H2,16,17). The fourth-order valence-corrected chi connectivity index (χ4v) is 1.65. The van der Waals surface area contributed by atoms with Gasteiger partial charge in [-0.3, -0.25) is 0 Å². The zero-order chi connectivity index (χ0) is 13.1. The molecule has 0 bridgehead atoms. The molecule has 0 radical (unpaired) electrons. The molecule has 1 aromatic carbocycles. The fraction of sp³-hybridized carbons (Fsp3) is 0.0769. The van der Waals surface area contributed by atoms with E-state index in [0.29, 0.717) is 17.1 Å². The van der Waals surface area contributed by atoms with E-state index in [1.165, 1.54) is 0 Å². The van der Waals surface area contributed by atoms with Crippen LogP contribution in [0.4, 0.5) is 23.0 Å². The minimum absolute atomic E-state index is 0.286. The molecule has 0 saturated heterocycles. The SMILES string of the molecule is CN(c1ccc(N)c(N)n1)c1ccccc1C#N. The lowest BCUT2D eigenvalue weighted by molar-refractivity contribution is 1.13. The Morgan fingerprint density at radius 1 is 1.17 bits per heavy atom. The first kappa shape index (κ1) is 11.7. The van der Waals surface area contributed by atoms with Crippen LogP contribution in [0.3, 0.4) is 0 Å². The highest BCUT2D eigenvalue weighted by Gasteiger charge is 2.10. The van der Waals surface area contributed by atoms with E-state index >= 15 is 0 Å². The van der Waals surface area contributed by atoms with Gasteiger partial charge in [0.05, 0.1) is 16.9 Å². The minimum atomic E-state index is 0.286. The average molecular weight is 239 g/mol. The van der Waals surface area contributed by atoms with Crippen molar-refractivity contribution in [1.82, 2.24) is 4.98 Å². The molecular formula is C13H13N5. The van der Waals surface area contributed by atoms with Crippen molar-refractivity contribution in [2.45, 2.75) is 0 Å². The molecule has 18 heavy (non-hydrogen) atoms. The van der Waals surface area contributed by atoms with Crippen LogP contribution < -0.4 is 16.4 Å². The summed E-state index contributed by atoms with van der Waals surface area (Å²) in [5.74, 6) is 0.929. The van der Waals surface area contributed by atoms with Crippen molar-refractivity contribution in [3.63, 3.8) is 0 Å². The van der Waals surface area contributed by atoms with Crippen molar-refractivity contribution < 1.29 is 0 Å². The molecule has 2 rings (SSSR count). The summed E-state index contributed by atoms with van der Waals surface area (Å²) in [5, 5.41) is 9.07. The number of para-hydroxylation sites is 1. The Bertz CT molecular complexity index is 615. The van der Waals surface area contributed by atoms with E-state index in [4.69, 9.17) is 16.7 Å². The Kier molecular flexibility index (Phi) is 3.02. The van der Waals surface area contributed by atoms with Crippen LogP contribution in [0.1, 0.15) is 5.56 Å². The summed E-state index contributed by atoms with van der Waals surface area (Å²) in [4.78, 5) is 5.99. The summed E-state index contributed by atoms with van der Waals surface area (Å²) in [5.41, 5.74) is 13.1. The largest absolute Gasteiger partial charge is 0.396 e. The maximum Gasteiger partial charge on any atom is 0.149 e. The molecule has 0 atom stereocenters. The minimum Gasteiger partial charge on any atom is -0.396 e. The molecule has 0 aliphatic heterocycles. The smallest absolute Gasteiger partial charge is 0.149 e. The first-order chi connectivity index (χ1) is 8.63. The van der Waals surface area contributed by atoms with Gasteiger partial charge >= 0.3 is 0 Å². The van der Waals surface area contributed by atoms with Gasteiger partial charge in [0.15, 0.2) is 0 Å². The van der Waals surface area contributed by atoms with Crippen molar-refractivity contribution in [1.29, 1.82) is 5.26 Å². The van der Waals surface area contributed by atoms with Gasteiger partial charge in [0.1, 0.15) is 17.7 Å². The first-order valence-corrected chi connectivity index (χ1v) is 5.38. The summed E-state index contributed by atoms with van der Waals surface area (Å²) < 4.78 is 0. The van der Waals surface area contributed by atoms with Crippen molar-refractivity contribution >= 4 is 23.0 Å². The molecule has 1 heterocycles. The Morgan fingerprint density at radius 3 is 2.56 bits per heavy atom. The van der Waals surface area contributed by atoms with E-state index < -0.39 is 0 Å². The molecule has 0 unspecified atom stereocenters. The molecule has 0 spiro atoms. The third-order valence-electron chi connectivity index (χ3n) is 2.67. The van der Waals surface area contributed by atoms with Crippen LogP contribution in [-0.2, 0) is 0 Å². The summed E-state index contributed by atoms with van der Waals surface area (Å²) in [6.07, 6.45) is 0. The highest BCUT2D eigenvalue weighted by atomic mass is 15.2. The van der Waals surface area contributed by atoms with E-state index in [-0.39, 0.29) is 5.82 Å². The Labute approximate surface area is 105 Å². The number of nitrogens with zero attached hydrogens (tertiary/aromatic N) is 3. The number of aromatic nitrogens is 1. The van der Waals surface area contributed by atoms with E-state index in [2.05, 4.69) is 11.1 Å². The van der Waals surface area contributed by atoms with Gasteiger partial charge in [0.2, 0.25) is 0 Å². The van der Waals surface area contributed by atoms with Crippen LogP contribution in [0.25, 0.3) is 0 Å². The van der Waals surface area contributed by atoms with Gasteiger partial charge in [-0.1, -0.05) is 12.1 Å².